The van der Waals surface area contributed by atoms with E-state index in [4.69, 9.17) is 6.42 Å². The van der Waals surface area contributed by atoms with Gasteiger partial charge in [0.1, 0.15) is 5.82 Å². The lowest BCUT2D eigenvalue weighted by molar-refractivity contribution is 0.0997. The SMILES string of the molecule is C#CCn1c(=NC(=O)c2cccc(S(C)(=O)=O)c2)sc2cc(F)cc(F)c21. The van der Waals surface area contributed by atoms with Crippen molar-refractivity contribution in [2.75, 3.05) is 6.26 Å². The molecule has 0 saturated heterocycles. The molecule has 138 valence electrons. The highest BCUT2D eigenvalue weighted by Crippen LogP contribution is 2.22. The van der Waals surface area contributed by atoms with E-state index in [-0.39, 0.29) is 32.0 Å². The molecule has 1 aromatic heterocycles. The van der Waals surface area contributed by atoms with E-state index in [0.717, 1.165) is 29.7 Å². The van der Waals surface area contributed by atoms with Gasteiger partial charge in [0.25, 0.3) is 5.91 Å². The van der Waals surface area contributed by atoms with Gasteiger partial charge < -0.3 is 4.57 Å². The lowest BCUT2D eigenvalue weighted by Gasteiger charge is -2.02. The second-order valence-corrected chi connectivity index (χ2v) is 8.65. The number of halogens is 2. The largest absolute Gasteiger partial charge is 0.302 e. The van der Waals surface area contributed by atoms with Gasteiger partial charge in [-0.15, -0.1) is 6.42 Å². The maximum Gasteiger partial charge on any atom is 0.279 e. The van der Waals surface area contributed by atoms with Crippen LogP contribution in [0.4, 0.5) is 8.78 Å². The molecule has 0 aliphatic carbocycles. The molecule has 1 heterocycles. The van der Waals surface area contributed by atoms with Crippen LogP contribution in [0.3, 0.4) is 0 Å². The monoisotopic (exact) mass is 406 g/mol. The highest BCUT2D eigenvalue weighted by atomic mass is 32.2. The van der Waals surface area contributed by atoms with Crippen LogP contribution in [-0.4, -0.2) is 25.1 Å². The molecule has 27 heavy (non-hydrogen) atoms. The van der Waals surface area contributed by atoms with Crippen LogP contribution in [0.25, 0.3) is 10.2 Å². The first-order valence-electron chi connectivity index (χ1n) is 7.51. The lowest BCUT2D eigenvalue weighted by atomic mass is 10.2. The van der Waals surface area contributed by atoms with E-state index >= 15 is 0 Å². The van der Waals surface area contributed by atoms with Gasteiger partial charge in [-0.2, -0.15) is 4.99 Å². The Labute approximate surface area is 157 Å². The number of nitrogens with zero attached hydrogens (tertiary/aromatic N) is 2. The van der Waals surface area contributed by atoms with Gasteiger partial charge in [-0.05, 0) is 24.3 Å². The number of carbonyl (C=O) groups is 1. The van der Waals surface area contributed by atoms with Crippen LogP contribution in [0.15, 0.2) is 46.3 Å². The van der Waals surface area contributed by atoms with Gasteiger partial charge in [-0.25, -0.2) is 17.2 Å². The number of benzene rings is 2. The van der Waals surface area contributed by atoms with Crippen LogP contribution in [0, 0.1) is 24.0 Å². The number of thiazole rings is 1. The van der Waals surface area contributed by atoms with Gasteiger partial charge >= 0.3 is 0 Å². The number of hydrogen-bond acceptors (Lipinski definition) is 4. The predicted octanol–water partition coefficient (Wildman–Crippen LogP) is 2.76. The minimum Gasteiger partial charge on any atom is -0.302 e. The van der Waals surface area contributed by atoms with Crippen molar-refractivity contribution in [3.63, 3.8) is 0 Å². The zero-order valence-electron chi connectivity index (χ0n) is 13.9. The Bertz CT molecular complexity index is 1280. The molecule has 0 radical (unpaired) electrons. The van der Waals surface area contributed by atoms with Crippen molar-refractivity contribution in [1.82, 2.24) is 4.57 Å². The molecule has 3 aromatic rings. The number of carbonyl (C=O) groups excluding carboxylic acids is 1. The summed E-state index contributed by atoms with van der Waals surface area (Å²) in [4.78, 5) is 16.5. The number of fused-ring (bicyclic) bond motifs is 1. The number of amides is 1. The van der Waals surface area contributed by atoms with Gasteiger partial charge in [-0.1, -0.05) is 23.3 Å². The first-order chi connectivity index (χ1) is 12.7. The Hall–Kier alpha value is -2.83. The first-order valence-corrected chi connectivity index (χ1v) is 10.2. The van der Waals surface area contributed by atoms with E-state index < -0.39 is 27.4 Å². The van der Waals surface area contributed by atoms with Crippen molar-refractivity contribution in [1.29, 1.82) is 0 Å². The van der Waals surface area contributed by atoms with Crippen LogP contribution in [0.1, 0.15) is 10.4 Å². The molecule has 0 spiro atoms. The summed E-state index contributed by atoms with van der Waals surface area (Å²) in [6, 6.07) is 7.27. The van der Waals surface area contributed by atoms with Crippen molar-refractivity contribution in [3.05, 3.63) is 58.4 Å². The van der Waals surface area contributed by atoms with Crippen molar-refractivity contribution in [3.8, 4) is 12.3 Å². The fraction of sp³-hybridized carbons (Fsp3) is 0.111. The molecule has 0 atom stereocenters. The third-order valence-electron chi connectivity index (χ3n) is 3.65. The van der Waals surface area contributed by atoms with Gasteiger partial charge in [0.15, 0.2) is 20.5 Å². The van der Waals surface area contributed by atoms with Gasteiger partial charge in [0.2, 0.25) is 0 Å². The fourth-order valence-corrected chi connectivity index (χ4v) is 4.20. The minimum absolute atomic E-state index is 0.0236. The highest BCUT2D eigenvalue weighted by molar-refractivity contribution is 7.90. The Morgan fingerprint density at radius 2 is 2.04 bits per heavy atom. The molecule has 1 amide bonds. The van der Waals surface area contributed by atoms with E-state index in [9.17, 15) is 22.0 Å². The number of hydrogen-bond donors (Lipinski definition) is 0. The zero-order valence-corrected chi connectivity index (χ0v) is 15.6. The Balaban J connectivity index is 2.19. The normalized spacial score (nSPS) is 12.3. The standard InChI is InChI=1S/C18H12F2N2O3S2/c1-3-7-22-16-14(20)9-12(19)10-15(16)26-18(22)21-17(23)11-5-4-6-13(8-11)27(2,24)25/h1,4-6,8-10H,7H2,2H3. The average molecular weight is 406 g/mol. The van der Waals surface area contributed by atoms with Crippen LogP contribution in [-0.2, 0) is 16.4 Å². The van der Waals surface area contributed by atoms with E-state index in [0.29, 0.717) is 0 Å². The summed E-state index contributed by atoms with van der Waals surface area (Å²) in [5, 5.41) is 0. The van der Waals surface area contributed by atoms with Crippen LogP contribution in [0.5, 0.6) is 0 Å². The smallest absolute Gasteiger partial charge is 0.279 e. The summed E-state index contributed by atoms with van der Waals surface area (Å²) in [5.74, 6) is 0.0498. The Kier molecular flexibility index (Phi) is 4.95. The second-order valence-electron chi connectivity index (χ2n) is 5.63. The van der Waals surface area contributed by atoms with E-state index in [1.54, 1.807) is 0 Å². The second kappa shape index (κ2) is 7.06. The third kappa shape index (κ3) is 3.82. The molecular formula is C18H12F2N2O3S2. The quantitative estimate of drug-likeness (QED) is 0.628. The maximum absolute atomic E-state index is 14.2. The van der Waals surface area contributed by atoms with Crippen molar-refractivity contribution >= 4 is 37.3 Å². The van der Waals surface area contributed by atoms with Crippen molar-refractivity contribution in [2.24, 2.45) is 4.99 Å². The summed E-state index contributed by atoms with van der Waals surface area (Å²) < 4.78 is 52.5. The Morgan fingerprint density at radius 1 is 1.30 bits per heavy atom. The van der Waals surface area contributed by atoms with E-state index in [1.807, 2.05) is 0 Å². The molecule has 0 unspecified atom stereocenters. The van der Waals surface area contributed by atoms with E-state index in [1.165, 1.54) is 28.8 Å². The molecule has 0 bridgehead atoms. The minimum atomic E-state index is -3.49. The summed E-state index contributed by atoms with van der Waals surface area (Å²) in [6.07, 6.45) is 6.34. The molecule has 2 aromatic carbocycles. The van der Waals surface area contributed by atoms with Crippen LogP contribution < -0.4 is 4.80 Å². The molecule has 0 saturated carbocycles. The molecule has 3 rings (SSSR count). The summed E-state index contributed by atoms with van der Waals surface area (Å²) in [5.41, 5.74) is 0.102. The molecule has 0 aliphatic heterocycles. The fourth-order valence-electron chi connectivity index (χ4n) is 2.46. The topological polar surface area (TPSA) is 68.5 Å². The van der Waals surface area contributed by atoms with Gasteiger partial charge in [0, 0.05) is 17.9 Å². The summed E-state index contributed by atoms with van der Waals surface area (Å²) >= 11 is 0.907. The summed E-state index contributed by atoms with van der Waals surface area (Å²) in [7, 11) is -3.49. The number of terminal acetylenes is 1. The lowest BCUT2D eigenvalue weighted by Crippen LogP contribution is -2.17. The maximum atomic E-state index is 14.2. The van der Waals surface area contributed by atoms with E-state index in [2.05, 4.69) is 10.9 Å². The predicted molar refractivity (Wildman–Crippen MR) is 98.0 cm³/mol. The molecule has 9 heteroatoms. The highest BCUT2D eigenvalue weighted by Gasteiger charge is 2.15. The Morgan fingerprint density at radius 3 is 2.70 bits per heavy atom. The zero-order chi connectivity index (χ0) is 19.8. The summed E-state index contributed by atoms with van der Waals surface area (Å²) in [6.45, 7) is -0.0714. The number of rotatable bonds is 3. The third-order valence-corrected chi connectivity index (χ3v) is 5.79. The van der Waals surface area contributed by atoms with Crippen molar-refractivity contribution in [2.45, 2.75) is 11.4 Å². The average Bonchev–Trinajstić information content (AvgIpc) is 2.92. The molecule has 5 nitrogen and oxygen atoms in total. The number of sulfone groups is 1. The van der Waals surface area contributed by atoms with Crippen molar-refractivity contribution < 1.29 is 22.0 Å². The first kappa shape index (κ1) is 18.9. The van der Waals surface area contributed by atoms with Crippen LogP contribution in [0.2, 0.25) is 0 Å². The molecule has 0 aliphatic rings. The van der Waals surface area contributed by atoms with Gasteiger partial charge in [-0.3, -0.25) is 4.79 Å². The number of aromatic nitrogens is 1. The molecule has 0 N–H and O–H groups in total. The van der Waals surface area contributed by atoms with Crippen LogP contribution >= 0.6 is 11.3 Å². The molecule has 0 fully saturated rings. The van der Waals surface area contributed by atoms with Gasteiger partial charge in [0.05, 0.1) is 21.7 Å². The molecular weight excluding hydrogens is 394 g/mol.